The summed E-state index contributed by atoms with van der Waals surface area (Å²) in [6.45, 7) is 2.10. The second-order valence-electron chi connectivity index (χ2n) is 4.77. The normalized spacial score (nSPS) is 16.5. The Morgan fingerprint density at radius 2 is 2.28 bits per heavy atom. The van der Waals surface area contributed by atoms with Crippen LogP contribution in [-0.2, 0) is 0 Å². The average molecular weight is 260 g/mol. The third kappa shape index (κ3) is 2.46. The summed E-state index contributed by atoms with van der Waals surface area (Å²) in [6, 6.07) is 8.11. The number of rotatable bonds is 4. The molecule has 1 aliphatic carbocycles. The Balaban J connectivity index is 1.70. The van der Waals surface area contributed by atoms with E-state index in [0.29, 0.717) is 5.92 Å². The highest BCUT2D eigenvalue weighted by Gasteiger charge is 2.27. The van der Waals surface area contributed by atoms with E-state index in [1.807, 2.05) is 18.2 Å². The van der Waals surface area contributed by atoms with Crippen LogP contribution in [0.15, 0.2) is 24.3 Å². The summed E-state index contributed by atoms with van der Waals surface area (Å²) in [7, 11) is 0. The molecule has 0 amide bonds. The average Bonchev–Trinajstić information content (AvgIpc) is 3.11. The first-order chi connectivity index (χ1) is 8.72. The van der Waals surface area contributed by atoms with Crippen LogP contribution in [0.1, 0.15) is 43.1 Å². The minimum atomic E-state index is 0.188. The Morgan fingerprint density at radius 1 is 1.44 bits per heavy atom. The van der Waals surface area contributed by atoms with Crippen molar-refractivity contribution in [2.45, 2.75) is 31.7 Å². The molecule has 0 aliphatic heterocycles. The zero-order valence-electron chi connectivity index (χ0n) is 10.3. The van der Waals surface area contributed by atoms with Gasteiger partial charge in [0.1, 0.15) is 5.82 Å². The minimum Gasteiger partial charge on any atom is -0.399 e. The summed E-state index contributed by atoms with van der Waals surface area (Å²) in [5, 5.41) is 4.27. The van der Waals surface area contributed by atoms with Crippen molar-refractivity contribution in [3.05, 3.63) is 35.7 Å². The van der Waals surface area contributed by atoms with Gasteiger partial charge in [-0.05, 0) is 37.5 Å². The van der Waals surface area contributed by atoms with Crippen molar-refractivity contribution in [1.29, 1.82) is 0 Å². The largest absolute Gasteiger partial charge is 0.399 e. The van der Waals surface area contributed by atoms with Crippen LogP contribution in [0.4, 0.5) is 10.8 Å². The molecule has 3 N–H and O–H groups in total. The molecule has 4 nitrogen and oxygen atoms in total. The van der Waals surface area contributed by atoms with Crippen LogP contribution in [0.3, 0.4) is 0 Å². The van der Waals surface area contributed by atoms with Gasteiger partial charge in [0.2, 0.25) is 5.13 Å². The van der Waals surface area contributed by atoms with Crippen LogP contribution in [0.5, 0.6) is 0 Å². The summed E-state index contributed by atoms with van der Waals surface area (Å²) in [4.78, 5) is 4.53. The maximum absolute atomic E-state index is 5.79. The number of nitrogens with one attached hydrogen (secondary N) is 1. The summed E-state index contributed by atoms with van der Waals surface area (Å²) >= 11 is 1.44. The first kappa shape index (κ1) is 11.5. The molecule has 5 heteroatoms. The Kier molecular flexibility index (Phi) is 2.91. The van der Waals surface area contributed by atoms with E-state index in [4.69, 9.17) is 5.73 Å². The topological polar surface area (TPSA) is 63.8 Å². The number of hydrogen-bond donors (Lipinski definition) is 2. The molecule has 1 unspecified atom stereocenters. The molecular weight excluding hydrogens is 244 g/mol. The highest BCUT2D eigenvalue weighted by Crippen LogP contribution is 2.39. The predicted octanol–water partition coefficient (Wildman–Crippen LogP) is 3.17. The summed E-state index contributed by atoms with van der Waals surface area (Å²) in [5.41, 5.74) is 7.74. The van der Waals surface area contributed by atoms with Crippen molar-refractivity contribution >= 4 is 22.4 Å². The highest BCUT2D eigenvalue weighted by molar-refractivity contribution is 7.09. The van der Waals surface area contributed by atoms with E-state index in [-0.39, 0.29) is 6.04 Å². The first-order valence-electron chi connectivity index (χ1n) is 6.18. The third-order valence-electron chi connectivity index (χ3n) is 3.13. The number of nitrogens with zero attached hydrogens (tertiary/aromatic N) is 2. The zero-order valence-corrected chi connectivity index (χ0v) is 11.1. The number of aromatic nitrogens is 2. The van der Waals surface area contributed by atoms with Crippen LogP contribution < -0.4 is 11.1 Å². The molecular formula is C13H16N4S. The molecule has 1 heterocycles. The molecule has 18 heavy (non-hydrogen) atoms. The molecule has 2 aromatic rings. The van der Waals surface area contributed by atoms with E-state index in [1.165, 1.54) is 24.4 Å². The third-order valence-corrected chi connectivity index (χ3v) is 3.80. The van der Waals surface area contributed by atoms with Gasteiger partial charge in [0, 0.05) is 23.1 Å². The van der Waals surface area contributed by atoms with E-state index in [1.54, 1.807) is 0 Å². The lowest BCUT2D eigenvalue weighted by atomic mass is 10.1. The molecule has 1 aromatic carbocycles. The molecule has 0 bridgehead atoms. The van der Waals surface area contributed by atoms with Crippen LogP contribution in [0.25, 0.3) is 0 Å². The van der Waals surface area contributed by atoms with Gasteiger partial charge in [0.15, 0.2) is 0 Å². The predicted molar refractivity (Wildman–Crippen MR) is 74.8 cm³/mol. The van der Waals surface area contributed by atoms with Gasteiger partial charge < -0.3 is 11.1 Å². The Labute approximate surface area is 110 Å². The van der Waals surface area contributed by atoms with Gasteiger partial charge in [-0.25, -0.2) is 4.98 Å². The summed E-state index contributed by atoms with van der Waals surface area (Å²) < 4.78 is 4.39. The van der Waals surface area contributed by atoms with Gasteiger partial charge in [-0.2, -0.15) is 4.37 Å². The zero-order chi connectivity index (χ0) is 12.5. The molecule has 1 saturated carbocycles. The molecule has 94 valence electrons. The fraction of sp³-hybridized carbons (Fsp3) is 0.385. The molecule has 1 atom stereocenters. The van der Waals surface area contributed by atoms with Gasteiger partial charge in [-0.15, -0.1) is 0 Å². The number of nitrogen functional groups attached to an aromatic ring is 1. The molecule has 1 aromatic heterocycles. The van der Waals surface area contributed by atoms with Gasteiger partial charge >= 0.3 is 0 Å². The van der Waals surface area contributed by atoms with E-state index in [0.717, 1.165) is 22.2 Å². The van der Waals surface area contributed by atoms with Crippen LogP contribution in [-0.4, -0.2) is 9.36 Å². The van der Waals surface area contributed by atoms with Crippen molar-refractivity contribution in [3.63, 3.8) is 0 Å². The van der Waals surface area contributed by atoms with Gasteiger partial charge in [-0.1, -0.05) is 12.1 Å². The smallest absolute Gasteiger partial charge is 0.203 e. The Morgan fingerprint density at radius 3 is 3.00 bits per heavy atom. The van der Waals surface area contributed by atoms with E-state index in [2.05, 4.69) is 27.7 Å². The second-order valence-corrected chi connectivity index (χ2v) is 5.52. The molecule has 0 saturated heterocycles. The van der Waals surface area contributed by atoms with Crippen molar-refractivity contribution in [1.82, 2.24) is 9.36 Å². The summed E-state index contributed by atoms with van der Waals surface area (Å²) in [6.07, 6.45) is 2.47. The van der Waals surface area contributed by atoms with Gasteiger partial charge in [0.25, 0.3) is 0 Å². The Bertz CT molecular complexity index is 547. The van der Waals surface area contributed by atoms with Crippen molar-refractivity contribution < 1.29 is 0 Å². The van der Waals surface area contributed by atoms with Gasteiger partial charge in [0.05, 0.1) is 6.04 Å². The van der Waals surface area contributed by atoms with E-state index < -0.39 is 0 Å². The van der Waals surface area contributed by atoms with Crippen LogP contribution in [0.2, 0.25) is 0 Å². The van der Waals surface area contributed by atoms with Crippen LogP contribution in [0, 0.1) is 0 Å². The number of benzene rings is 1. The fourth-order valence-electron chi connectivity index (χ4n) is 1.90. The molecule has 0 spiro atoms. The lowest BCUT2D eigenvalue weighted by molar-refractivity contribution is 0.876. The van der Waals surface area contributed by atoms with E-state index in [9.17, 15) is 0 Å². The van der Waals surface area contributed by atoms with Crippen molar-refractivity contribution in [2.24, 2.45) is 0 Å². The lowest BCUT2D eigenvalue weighted by Crippen LogP contribution is -2.06. The number of hydrogen-bond acceptors (Lipinski definition) is 5. The van der Waals surface area contributed by atoms with Crippen molar-refractivity contribution in [2.75, 3.05) is 11.1 Å². The number of anilines is 2. The minimum absolute atomic E-state index is 0.188. The van der Waals surface area contributed by atoms with Crippen molar-refractivity contribution in [3.8, 4) is 0 Å². The first-order valence-corrected chi connectivity index (χ1v) is 6.95. The number of nitrogens with two attached hydrogens (primary N) is 1. The van der Waals surface area contributed by atoms with Crippen LogP contribution >= 0.6 is 11.5 Å². The Hall–Kier alpha value is -1.62. The molecule has 3 rings (SSSR count). The monoisotopic (exact) mass is 260 g/mol. The maximum Gasteiger partial charge on any atom is 0.203 e. The fourth-order valence-corrected chi connectivity index (χ4v) is 2.63. The maximum atomic E-state index is 5.79. The molecule has 1 aliphatic rings. The summed E-state index contributed by atoms with van der Waals surface area (Å²) in [5.74, 6) is 1.61. The lowest BCUT2D eigenvalue weighted by Gasteiger charge is -2.13. The SMILES string of the molecule is CC(Nc1nc(C2CC2)ns1)c1cccc(N)c1. The quantitative estimate of drug-likeness (QED) is 0.829. The van der Waals surface area contributed by atoms with E-state index >= 15 is 0 Å². The van der Waals surface area contributed by atoms with Gasteiger partial charge in [-0.3, -0.25) is 0 Å². The highest BCUT2D eigenvalue weighted by atomic mass is 32.1. The molecule has 0 radical (unpaired) electrons. The second kappa shape index (κ2) is 4.57. The molecule has 1 fully saturated rings. The standard InChI is InChI=1S/C13H16N4S/c1-8(10-3-2-4-11(14)7-10)15-13-16-12(17-18-13)9-5-6-9/h2-4,7-9H,5-6,14H2,1H3,(H,15,16,17).